The van der Waals surface area contributed by atoms with E-state index in [0.29, 0.717) is 25.1 Å². The maximum Gasteiger partial charge on any atom is 0.154 e. The predicted octanol–water partition coefficient (Wildman–Crippen LogP) is 0.732. The van der Waals surface area contributed by atoms with Crippen LogP contribution in [0.1, 0.15) is 12.8 Å². The SMILES string of the molecule is O=S1(=O)CCCC1CNCC(O)COc1ccc(F)cc1. The summed E-state index contributed by atoms with van der Waals surface area (Å²) in [5, 5.41) is 12.4. The van der Waals surface area contributed by atoms with Crippen LogP contribution >= 0.6 is 0 Å². The second-order valence-corrected chi connectivity index (χ2v) is 7.61. The topological polar surface area (TPSA) is 75.6 Å². The summed E-state index contributed by atoms with van der Waals surface area (Å²) in [7, 11) is -2.96. The molecule has 7 heteroatoms. The molecule has 2 atom stereocenters. The van der Waals surface area contributed by atoms with Gasteiger partial charge in [0.25, 0.3) is 0 Å². The normalized spacial score (nSPS) is 22.1. The zero-order valence-corrected chi connectivity index (χ0v) is 12.5. The van der Waals surface area contributed by atoms with Crippen LogP contribution < -0.4 is 10.1 Å². The lowest BCUT2D eigenvalue weighted by atomic mass is 10.2. The molecule has 118 valence electrons. The van der Waals surface area contributed by atoms with Crippen LogP contribution in [0.5, 0.6) is 5.75 Å². The third-order valence-corrected chi connectivity index (χ3v) is 5.75. The molecule has 1 fully saturated rings. The van der Waals surface area contributed by atoms with E-state index in [0.717, 1.165) is 0 Å². The predicted molar refractivity (Wildman–Crippen MR) is 77.6 cm³/mol. The number of aliphatic hydroxyl groups is 1. The van der Waals surface area contributed by atoms with Crippen LogP contribution in [0.25, 0.3) is 0 Å². The van der Waals surface area contributed by atoms with Crippen molar-refractivity contribution in [3.8, 4) is 5.75 Å². The summed E-state index contributed by atoms with van der Waals surface area (Å²) < 4.78 is 41.2. The number of rotatable bonds is 7. The summed E-state index contributed by atoms with van der Waals surface area (Å²) in [4.78, 5) is 0. The van der Waals surface area contributed by atoms with E-state index in [-0.39, 0.29) is 30.0 Å². The van der Waals surface area contributed by atoms with Crippen LogP contribution in [-0.2, 0) is 9.84 Å². The van der Waals surface area contributed by atoms with E-state index in [9.17, 15) is 17.9 Å². The zero-order chi connectivity index (χ0) is 15.3. The van der Waals surface area contributed by atoms with Gasteiger partial charge in [-0.05, 0) is 37.1 Å². The standard InChI is InChI=1S/C14H20FNO4S/c15-11-3-5-13(6-4-11)20-10-12(17)8-16-9-14-2-1-7-21(14,18)19/h3-6,12,14,16-17H,1-2,7-10H2. The minimum absolute atomic E-state index is 0.0655. The molecule has 2 rings (SSSR count). The third-order valence-electron chi connectivity index (χ3n) is 3.47. The summed E-state index contributed by atoms with van der Waals surface area (Å²) in [5.74, 6) is 0.395. The van der Waals surface area contributed by atoms with Gasteiger partial charge in [0, 0.05) is 13.1 Å². The number of hydrogen-bond acceptors (Lipinski definition) is 5. The molecule has 0 spiro atoms. The van der Waals surface area contributed by atoms with Crippen LogP contribution in [-0.4, -0.2) is 50.3 Å². The zero-order valence-electron chi connectivity index (χ0n) is 11.7. The number of halogens is 1. The lowest BCUT2D eigenvalue weighted by Gasteiger charge is -2.15. The number of aliphatic hydroxyl groups excluding tert-OH is 1. The first-order chi connectivity index (χ1) is 9.97. The van der Waals surface area contributed by atoms with E-state index >= 15 is 0 Å². The summed E-state index contributed by atoms with van der Waals surface area (Å²) in [6.45, 7) is 0.680. The number of benzene rings is 1. The molecule has 5 nitrogen and oxygen atoms in total. The van der Waals surface area contributed by atoms with E-state index in [1.165, 1.54) is 24.3 Å². The van der Waals surface area contributed by atoms with Gasteiger partial charge in [0.15, 0.2) is 9.84 Å². The van der Waals surface area contributed by atoms with E-state index in [1.54, 1.807) is 0 Å². The van der Waals surface area contributed by atoms with Crippen molar-refractivity contribution in [1.29, 1.82) is 0 Å². The summed E-state index contributed by atoms with van der Waals surface area (Å²) >= 11 is 0. The van der Waals surface area contributed by atoms with Gasteiger partial charge in [-0.1, -0.05) is 0 Å². The van der Waals surface area contributed by atoms with Crippen molar-refractivity contribution in [2.75, 3.05) is 25.4 Å². The Kier molecular flexibility index (Phi) is 5.55. The Labute approximate surface area is 124 Å². The molecule has 0 bridgehead atoms. The highest BCUT2D eigenvalue weighted by Crippen LogP contribution is 2.19. The van der Waals surface area contributed by atoms with Crippen molar-refractivity contribution in [2.24, 2.45) is 0 Å². The van der Waals surface area contributed by atoms with E-state index < -0.39 is 15.9 Å². The fourth-order valence-electron chi connectivity index (χ4n) is 2.28. The minimum Gasteiger partial charge on any atom is -0.491 e. The van der Waals surface area contributed by atoms with Gasteiger partial charge in [-0.3, -0.25) is 0 Å². The molecule has 1 saturated heterocycles. The van der Waals surface area contributed by atoms with Crippen molar-refractivity contribution < 1.29 is 22.7 Å². The van der Waals surface area contributed by atoms with Crippen molar-refractivity contribution in [2.45, 2.75) is 24.2 Å². The lowest BCUT2D eigenvalue weighted by Crippen LogP contribution is -2.37. The summed E-state index contributed by atoms with van der Waals surface area (Å²) in [6, 6.07) is 5.54. The first-order valence-electron chi connectivity index (χ1n) is 6.96. The molecule has 0 saturated carbocycles. The van der Waals surface area contributed by atoms with E-state index in [2.05, 4.69) is 5.32 Å². The fraction of sp³-hybridized carbons (Fsp3) is 0.571. The Bertz CT molecular complexity index is 547. The lowest BCUT2D eigenvalue weighted by molar-refractivity contribution is 0.106. The van der Waals surface area contributed by atoms with Gasteiger partial charge in [0.2, 0.25) is 0 Å². The van der Waals surface area contributed by atoms with Crippen LogP contribution in [0.2, 0.25) is 0 Å². The smallest absolute Gasteiger partial charge is 0.154 e. The maximum atomic E-state index is 12.7. The third kappa shape index (κ3) is 4.94. The highest BCUT2D eigenvalue weighted by atomic mass is 32.2. The van der Waals surface area contributed by atoms with Gasteiger partial charge < -0.3 is 15.2 Å². The van der Waals surface area contributed by atoms with Gasteiger partial charge in [0.05, 0.1) is 11.0 Å². The first-order valence-corrected chi connectivity index (χ1v) is 8.67. The molecule has 0 aromatic heterocycles. The van der Waals surface area contributed by atoms with Crippen LogP contribution in [0.4, 0.5) is 4.39 Å². The highest BCUT2D eigenvalue weighted by molar-refractivity contribution is 7.92. The Morgan fingerprint density at radius 3 is 2.71 bits per heavy atom. The van der Waals surface area contributed by atoms with Crippen molar-refractivity contribution in [1.82, 2.24) is 5.32 Å². The molecule has 1 heterocycles. The van der Waals surface area contributed by atoms with Gasteiger partial charge in [-0.25, -0.2) is 12.8 Å². The number of hydrogen-bond donors (Lipinski definition) is 2. The van der Waals surface area contributed by atoms with E-state index in [4.69, 9.17) is 4.74 Å². The molecule has 2 N–H and O–H groups in total. The maximum absolute atomic E-state index is 12.7. The second kappa shape index (κ2) is 7.20. The Morgan fingerprint density at radius 1 is 1.38 bits per heavy atom. The number of nitrogens with one attached hydrogen (secondary N) is 1. The van der Waals surface area contributed by atoms with Gasteiger partial charge >= 0.3 is 0 Å². The molecule has 0 amide bonds. The van der Waals surface area contributed by atoms with Crippen molar-refractivity contribution in [3.05, 3.63) is 30.1 Å². The summed E-state index contributed by atoms with van der Waals surface area (Å²) in [6.07, 6.45) is 0.641. The van der Waals surface area contributed by atoms with Crippen LogP contribution in [0.15, 0.2) is 24.3 Å². The molecular formula is C14H20FNO4S. The molecule has 1 aliphatic heterocycles. The number of ether oxygens (including phenoxy) is 1. The molecule has 0 radical (unpaired) electrons. The second-order valence-electron chi connectivity index (χ2n) is 5.21. The van der Waals surface area contributed by atoms with Gasteiger partial charge in [0.1, 0.15) is 24.3 Å². The van der Waals surface area contributed by atoms with Gasteiger partial charge in [-0.15, -0.1) is 0 Å². The molecule has 1 aromatic rings. The molecule has 1 aliphatic rings. The first kappa shape index (κ1) is 16.2. The summed E-state index contributed by atoms with van der Waals surface area (Å²) in [5.41, 5.74) is 0. The molecular weight excluding hydrogens is 297 g/mol. The van der Waals surface area contributed by atoms with E-state index in [1.807, 2.05) is 0 Å². The number of sulfone groups is 1. The van der Waals surface area contributed by atoms with Crippen molar-refractivity contribution in [3.63, 3.8) is 0 Å². The van der Waals surface area contributed by atoms with Crippen LogP contribution in [0, 0.1) is 5.82 Å². The average Bonchev–Trinajstić information content (AvgIpc) is 2.77. The average molecular weight is 317 g/mol. The monoisotopic (exact) mass is 317 g/mol. The Morgan fingerprint density at radius 2 is 2.10 bits per heavy atom. The molecule has 2 unspecified atom stereocenters. The Hall–Kier alpha value is -1.18. The minimum atomic E-state index is -2.96. The fourth-order valence-corrected chi connectivity index (χ4v) is 4.08. The highest BCUT2D eigenvalue weighted by Gasteiger charge is 2.30. The van der Waals surface area contributed by atoms with Gasteiger partial charge in [-0.2, -0.15) is 0 Å². The Balaban J connectivity index is 1.66. The molecule has 1 aromatic carbocycles. The molecule has 21 heavy (non-hydrogen) atoms. The van der Waals surface area contributed by atoms with Crippen molar-refractivity contribution >= 4 is 9.84 Å². The largest absolute Gasteiger partial charge is 0.491 e. The molecule has 0 aliphatic carbocycles. The quantitative estimate of drug-likeness (QED) is 0.775. The van der Waals surface area contributed by atoms with Crippen LogP contribution in [0.3, 0.4) is 0 Å².